The van der Waals surface area contributed by atoms with Gasteiger partial charge >= 0.3 is 0 Å². The number of para-hydroxylation sites is 1. The minimum absolute atomic E-state index is 0.0238. The minimum atomic E-state index is -2.47. The van der Waals surface area contributed by atoms with E-state index in [1.807, 2.05) is 34.9 Å². The Balaban J connectivity index is 0.755. The molecule has 1 aliphatic carbocycles. The van der Waals surface area contributed by atoms with Gasteiger partial charge in [0.25, 0.3) is 18.2 Å². The van der Waals surface area contributed by atoms with Crippen LogP contribution in [0, 0.1) is 5.92 Å². The number of benzene rings is 3. The van der Waals surface area contributed by atoms with Gasteiger partial charge in [0.15, 0.2) is 0 Å². The van der Waals surface area contributed by atoms with Crippen molar-refractivity contribution in [2.75, 3.05) is 26.7 Å². The van der Waals surface area contributed by atoms with Crippen LogP contribution in [0.15, 0.2) is 54.6 Å². The molecule has 1 saturated carbocycles. The van der Waals surface area contributed by atoms with Crippen molar-refractivity contribution >= 4 is 40.4 Å². The van der Waals surface area contributed by atoms with Crippen molar-refractivity contribution in [2.45, 2.75) is 114 Å². The van der Waals surface area contributed by atoms with E-state index in [9.17, 15) is 32.8 Å². The number of aromatic nitrogens is 1. The van der Waals surface area contributed by atoms with Gasteiger partial charge in [-0.05, 0) is 111 Å². The summed E-state index contributed by atoms with van der Waals surface area (Å²) in [5.74, 6) is -0.836. The van der Waals surface area contributed by atoms with Crippen molar-refractivity contribution in [3.05, 3.63) is 99.2 Å². The molecule has 5 amide bonds. The summed E-state index contributed by atoms with van der Waals surface area (Å²) in [6.45, 7) is 4.35. The van der Waals surface area contributed by atoms with E-state index in [1.165, 1.54) is 5.56 Å². The Labute approximate surface area is 358 Å². The normalized spacial score (nSPS) is 26.0. The Hall–Kier alpha value is -5.47. The predicted octanol–water partition coefficient (Wildman–Crippen LogP) is 6.46. The van der Waals surface area contributed by atoms with Crippen molar-refractivity contribution in [1.29, 1.82) is 0 Å². The summed E-state index contributed by atoms with van der Waals surface area (Å²) < 4.78 is 34.2. The van der Waals surface area contributed by atoms with Gasteiger partial charge in [0.05, 0.1) is 30.8 Å². The Bertz CT molecular complexity index is 2440. The van der Waals surface area contributed by atoms with Crippen LogP contribution in [0.5, 0.6) is 5.75 Å². The first kappa shape index (κ1) is 40.6. The Morgan fingerprint density at radius 1 is 0.871 bits per heavy atom. The monoisotopic (exact) mass is 846 g/mol. The lowest BCUT2D eigenvalue weighted by atomic mass is 9.77. The highest BCUT2D eigenvalue weighted by molar-refractivity contribution is 6.23. The van der Waals surface area contributed by atoms with Crippen LogP contribution in [-0.4, -0.2) is 105 Å². The molecule has 2 N–H and O–H groups in total. The van der Waals surface area contributed by atoms with Crippen LogP contribution in [0.25, 0.3) is 10.9 Å². The smallest absolute Gasteiger partial charge is 0.262 e. The summed E-state index contributed by atoms with van der Waals surface area (Å²) in [7, 11) is 1.65. The van der Waals surface area contributed by atoms with Gasteiger partial charge in [-0.15, -0.1) is 0 Å². The van der Waals surface area contributed by atoms with E-state index >= 15 is 0 Å². The minimum Gasteiger partial charge on any atom is -0.496 e. The van der Waals surface area contributed by atoms with Crippen molar-refractivity contribution in [3.63, 3.8) is 0 Å². The lowest BCUT2D eigenvalue weighted by molar-refractivity contribution is -0.138. The molecule has 0 spiro atoms. The fourth-order valence-corrected chi connectivity index (χ4v) is 11.5. The van der Waals surface area contributed by atoms with Gasteiger partial charge in [-0.2, -0.15) is 0 Å². The lowest BCUT2D eigenvalue weighted by Crippen LogP contribution is -2.54. The number of aromatic amines is 1. The SMILES string of the molecule is COc1cc(C2CCC(C(=O)N3CCC(N4Cc5cc6c(cc5C4)C(=O)N(C4CCC(=O)NC4=O)C6=O)CC3)CC2)ccc1[C@@H]1c2[nH]c3ccccc3c2C[C@@H](C)N1CC(F)F. The molecule has 2 saturated heterocycles. The summed E-state index contributed by atoms with van der Waals surface area (Å²) >= 11 is 0. The average molecular weight is 847 g/mol. The second-order valence-corrected chi connectivity index (χ2v) is 18.2. The van der Waals surface area contributed by atoms with Gasteiger partial charge in [-0.1, -0.05) is 30.3 Å². The number of nitrogens with zero attached hydrogens (tertiary/aromatic N) is 4. The van der Waals surface area contributed by atoms with E-state index in [-0.39, 0.29) is 49.2 Å². The van der Waals surface area contributed by atoms with Crippen molar-refractivity contribution < 1.29 is 37.5 Å². The second kappa shape index (κ2) is 16.0. The molecule has 3 aromatic carbocycles. The topological polar surface area (TPSA) is 135 Å². The quantitative estimate of drug-likeness (QED) is 0.193. The standard InChI is InChI=1S/C48H52F2N6O6/c1-26-19-35-33-5-3-4-6-38(33)51-43(35)44(55(26)25-41(49)50)34-12-11-29(22-40(34)62-2)27-7-9-28(10-8-27)46(59)53-17-15-32(16-18-53)54-23-30-20-36-37(21-31(30)24-54)48(61)56(47(36)60)39-13-14-42(57)52-45(39)58/h3-6,11-12,20-22,26-28,32,39,41,44,51H,7-10,13-19,23-25H2,1-2H3,(H,52,57,58)/t26-,27?,28?,39?,44-/m1/s1. The number of imide groups is 2. The number of rotatable bonds is 8. The molecule has 3 atom stereocenters. The molecule has 0 bridgehead atoms. The van der Waals surface area contributed by atoms with Crippen LogP contribution in [-0.2, 0) is 33.9 Å². The molecule has 6 aliphatic rings. The van der Waals surface area contributed by atoms with Crippen LogP contribution in [0.2, 0.25) is 0 Å². The fourth-order valence-electron chi connectivity index (χ4n) is 11.5. The highest BCUT2D eigenvalue weighted by Crippen LogP contribution is 2.46. The number of fused-ring (bicyclic) bond motifs is 5. The molecular weight excluding hydrogens is 795 g/mol. The van der Waals surface area contributed by atoms with Crippen molar-refractivity contribution in [3.8, 4) is 5.75 Å². The first-order chi connectivity index (χ1) is 30.0. The number of likely N-dealkylation sites (tertiary alicyclic amines) is 1. The molecule has 12 nitrogen and oxygen atoms in total. The fraction of sp³-hybridized carbons (Fsp3) is 0.479. The first-order valence-electron chi connectivity index (χ1n) is 22.2. The lowest BCUT2D eigenvalue weighted by Gasteiger charge is -2.41. The number of halogens is 2. The van der Waals surface area contributed by atoms with E-state index in [1.54, 1.807) is 19.2 Å². The number of alkyl halides is 2. The highest BCUT2D eigenvalue weighted by atomic mass is 19.3. The molecule has 0 radical (unpaired) electrons. The molecule has 6 heterocycles. The number of ether oxygens (including phenoxy) is 1. The van der Waals surface area contributed by atoms with Crippen LogP contribution in [0.1, 0.15) is 124 Å². The molecule has 3 fully saturated rings. The highest BCUT2D eigenvalue weighted by Gasteiger charge is 2.46. The maximum atomic E-state index is 14.1. The molecule has 1 aromatic heterocycles. The van der Waals surface area contributed by atoms with Gasteiger partial charge in [-0.3, -0.25) is 44.0 Å². The maximum absolute atomic E-state index is 14.1. The number of H-pyrrole nitrogens is 1. The molecular formula is C48H52F2N6O6. The number of methoxy groups -OCH3 is 1. The number of piperidine rings is 2. The van der Waals surface area contributed by atoms with E-state index in [2.05, 4.69) is 39.5 Å². The number of hydrogen-bond donors (Lipinski definition) is 2. The van der Waals surface area contributed by atoms with Gasteiger partial charge in [0.1, 0.15) is 11.8 Å². The van der Waals surface area contributed by atoms with E-state index < -0.39 is 42.1 Å². The summed E-state index contributed by atoms with van der Waals surface area (Å²) in [4.78, 5) is 75.8. The number of carbonyl (C=O) groups is 5. The molecule has 4 aromatic rings. The molecule has 14 heteroatoms. The number of hydrogen-bond acceptors (Lipinski definition) is 8. The van der Waals surface area contributed by atoms with Gasteiger partial charge in [0, 0.05) is 72.8 Å². The largest absolute Gasteiger partial charge is 0.496 e. The predicted molar refractivity (Wildman–Crippen MR) is 226 cm³/mol. The van der Waals surface area contributed by atoms with Crippen LogP contribution in [0.4, 0.5) is 8.78 Å². The Kier molecular flexibility index (Phi) is 10.5. The zero-order valence-electron chi connectivity index (χ0n) is 35.1. The third kappa shape index (κ3) is 6.99. The number of amides is 5. The second-order valence-electron chi connectivity index (χ2n) is 18.2. The van der Waals surface area contributed by atoms with Crippen molar-refractivity contribution in [2.24, 2.45) is 5.92 Å². The summed E-state index contributed by atoms with van der Waals surface area (Å²) in [6, 6.07) is 16.8. The molecule has 5 aliphatic heterocycles. The zero-order chi connectivity index (χ0) is 43.0. The third-order valence-electron chi connectivity index (χ3n) is 14.8. The Morgan fingerprint density at radius 3 is 2.23 bits per heavy atom. The maximum Gasteiger partial charge on any atom is 0.262 e. The van der Waals surface area contributed by atoms with Crippen LogP contribution < -0.4 is 10.1 Å². The zero-order valence-corrected chi connectivity index (χ0v) is 35.1. The van der Waals surface area contributed by atoms with Gasteiger partial charge in [0.2, 0.25) is 17.7 Å². The molecule has 1 unspecified atom stereocenters. The molecule has 324 valence electrons. The number of carbonyl (C=O) groups excluding carboxylic acids is 5. The van der Waals surface area contributed by atoms with E-state index in [4.69, 9.17) is 4.74 Å². The van der Waals surface area contributed by atoms with Gasteiger partial charge in [-0.25, -0.2) is 8.78 Å². The number of nitrogens with one attached hydrogen (secondary N) is 2. The average Bonchev–Trinajstić information content (AvgIpc) is 3.94. The summed E-state index contributed by atoms with van der Waals surface area (Å²) in [5.41, 5.74) is 7.76. The molecule has 10 rings (SSSR count). The summed E-state index contributed by atoms with van der Waals surface area (Å²) in [6.07, 6.45) is 3.47. The summed E-state index contributed by atoms with van der Waals surface area (Å²) in [5, 5.41) is 3.38. The molecule has 62 heavy (non-hydrogen) atoms. The van der Waals surface area contributed by atoms with E-state index in [0.29, 0.717) is 49.5 Å². The van der Waals surface area contributed by atoms with Crippen molar-refractivity contribution in [1.82, 2.24) is 29.9 Å². The first-order valence-corrected chi connectivity index (χ1v) is 22.2. The van der Waals surface area contributed by atoms with E-state index in [0.717, 1.165) is 82.3 Å². The van der Waals surface area contributed by atoms with Gasteiger partial charge < -0.3 is 14.6 Å². The third-order valence-corrected chi connectivity index (χ3v) is 14.8. The van der Waals surface area contributed by atoms with Crippen LogP contribution >= 0.6 is 0 Å². The Morgan fingerprint density at radius 2 is 1.56 bits per heavy atom. The van der Waals surface area contributed by atoms with Crippen LogP contribution in [0.3, 0.4) is 0 Å².